The number of para-hydroxylation sites is 2. The summed E-state index contributed by atoms with van der Waals surface area (Å²) in [6.07, 6.45) is 1.82. The van der Waals surface area contributed by atoms with E-state index in [1.807, 2.05) is 36.5 Å². The predicted octanol–water partition coefficient (Wildman–Crippen LogP) is 5.89. The maximum absolute atomic E-state index is 6.07. The van der Waals surface area contributed by atoms with Gasteiger partial charge >= 0.3 is 0 Å². The third kappa shape index (κ3) is 5.43. The molecule has 1 aromatic carbocycles. The molecule has 0 saturated heterocycles. The maximum Gasteiger partial charge on any atom is 0.166 e. The summed E-state index contributed by atoms with van der Waals surface area (Å²) < 4.78 is 7.24. The summed E-state index contributed by atoms with van der Waals surface area (Å²) in [7, 11) is 2.12. The number of aromatic nitrogens is 3. The molecule has 0 radical (unpaired) electrons. The minimum Gasteiger partial charge on any atom is -0.492 e. The van der Waals surface area contributed by atoms with Gasteiger partial charge in [0.05, 0.1) is 20.5 Å². The summed E-state index contributed by atoms with van der Waals surface area (Å²) in [5, 5.41) is 0.908. The van der Waals surface area contributed by atoms with Crippen LogP contribution in [0, 0.1) is 6.92 Å². The van der Waals surface area contributed by atoms with Crippen LogP contribution in [0.4, 0.5) is 0 Å². The Morgan fingerprint density at radius 3 is 2.87 bits per heavy atom. The van der Waals surface area contributed by atoms with Crippen molar-refractivity contribution < 1.29 is 4.74 Å². The number of nitrogens with zero attached hydrogens (tertiary/aromatic N) is 3. The van der Waals surface area contributed by atoms with E-state index in [1.54, 1.807) is 23.1 Å². The molecule has 0 spiro atoms. The van der Waals surface area contributed by atoms with Crippen molar-refractivity contribution in [3.63, 3.8) is 0 Å². The van der Waals surface area contributed by atoms with Crippen molar-refractivity contribution in [1.29, 1.82) is 0 Å². The summed E-state index contributed by atoms with van der Waals surface area (Å²) in [5.41, 5.74) is 4.15. The van der Waals surface area contributed by atoms with Crippen molar-refractivity contribution in [2.45, 2.75) is 24.4 Å². The van der Waals surface area contributed by atoms with Crippen molar-refractivity contribution in [2.24, 2.45) is 0 Å². The molecule has 0 aliphatic carbocycles. The Kier molecular flexibility index (Phi) is 7.09. The van der Waals surface area contributed by atoms with Gasteiger partial charge in [0.15, 0.2) is 5.16 Å². The molecular weight excluding hydrogens is 480 g/mol. The number of likely N-dealkylation sites (N-methyl/N-ethyl adjacent to an activating group) is 1. The van der Waals surface area contributed by atoms with Crippen molar-refractivity contribution in [2.75, 3.05) is 20.2 Å². The Balaban J connectivity index is 1.31. The molecule has 0 saturated carbocycles. The standard InChI is InChI=1S/C22H23BrN4OS2/c1-15-19(14-29-22-25-17-5-3-4-6-18(17)26-22)24-10-9-20(15)28-12-11-27(2)13-16-7-8-21(23)30-16/h3-10H,11-14H2,1-2H3,(H,25,26). The number of benzene rings is 1. The van der Waals surface area contributed by atoms with Crippen LogP contribution in [0.5, 0.6) is 5.75 Å². The first-order valence-corrected chi connectivity index (χ1v) is 12.3. The van der Waals surface area contributed by atoms with Gasteiger partial charge in [0.2, 0.25) is 0 Å². The number of H-pyrrole nitrogens is 1. The minimum atomic E-state index is 0.643. The molecular formula is C22H23BrN4OS2. The monoisotopic (exact) mass is 502 g/mol. The van der Waals surface area contributed by atoms with Crippen LogP contribution in [0.15, 0.2) is 57.6 Å². The molecule has 0 bridgehead atoms. The predicted molar refractivity (Wildman–Crippen MR) is 128 cm³/mol. The zero-order valence-corrected chi connectivity index (χ0v) is 20.1. The number of imidazole rings is 1. The van der Waals surface area contributed by atoms with Crippen LogP contribution in [-0.2, 0) is 12.3 Å². The number of fused-ring (bicyclic) bond motifs is 1. The number of thiophene rings is 1. The molecule has 0 aliphatic rings. The summed E-state index contributed by atoms with van der Waals surface area (Å²) in [6, 6.07) is 14.3. The van der Waals surface area contributed by atoms with Gasteiger partial charge in [0.25, 0.3) is 0 Å². The molecule has 3 aromatic heterocycles. The fourth-order valence-electron chi connectivity index (χ4n) is 3.09. The van der Waals surface area contributed by atoms with E-state index in [1.165, 1.54) is 8.66 Å². The lowest BCUT2D eigenvalue weighted by atomic mass is 10.2. The van der Waals surface area contributed by atoms with Gasteiger partial charge in [-0.15, -0.1) is 11.3 Å². The van der Waals surface area contributed by atoms with Crippen molar-refractivity contribution in [3.05, 3.63) is 68.6 Å². The third-order valence-corrected chi connectivity index (χ3v) is 7.25. The molecule has 4 aromatic rings. The molecule has 0 unspecified atom stereocenters. The van der Waals surface area contributed by atoms with Crippen LogP contribution in [0.1, 0.15) is 16.1 Å². The second-order valence-corrected chi connectivity index (χ2v) is 10.5. The van der Waals surface area contributed by atoms with Gasteiger partial charge in [-0.1, -0.05) is 23.9 Å². The number of aromatic amines is 1. The molecule has 0 fully saturated rings. The Bertz CT molecular complexity index is 1090. The van der Waals surface area contributed by atoms with Crippen molar-refractivity contribution in [3.8, 4) is 5.75 Å². The number of hydrogen-bond acceptors (Lipinski definition) is 6. The van der Waals surface area contributed by atoms with E-state index < -0.39 is 0 Å². The zero-order chi connectivity index (χ0) is 20.9. The molecule has 1 N–H and O–H groups in total. The average molecular weight is 503 g/mol. The normalized spacial score (nSPS) is 11.5. The largest absolute Gasteiger partial charge is 0.492 e. The van der Waals surface area contributed by atoms with Crippen molar-refractivity contribution >= 4 is 50.1 Å². The van der Waals surface area contributed by atoms with Gasteiger partial charge in [-0.2, -0.15) is 0 Å². The SMILES string of the molecule is Cc1c(OCCN(C)Cc2ccc(Br)s2)ccnc1CSc1nc2ccccc2[nH]1. The number of hydrogen-bond donors (Lipinski definition) is 1. The fraction of sp³-hybridized carbons (Fsp3) is 0.273. The third-order valence-electron chi connectivity index (χ3n) is 4.76. The first-order valence-electron chi connectivity index (χ1n) is 9.66. The lowest BCUT2D eigenvalue weighted by molar-refractivity contribution is 0.233. The van der Waals surface area contributed by atoms with Gasteiger partial charge in [0.1, 0.15) is 12.4 Å². The number of nitrogens with one attached hydrogen (secondary N) is 1. The van der Waals surface area contributed by atoms with Gasteiger partial charge in [0, 0.05) is 35.5 Å². The maximum atomic E-state index is 6.07. The van der Waals surface area contributed by atoms with E-state index in [0.717, 1.165) is 52.0 Å². The molecule has 156 valence electrons. The van der Waals surface area contributed by atoms with E-state index in [9.17, 15) is 0 Å². The Morgan fingerprint density at radius 2 is 2.07 bits per heavy atom. The van der Waals surface area contributed by atoms with Crippen molar-refractivity contribution in [1.82, 2.24) is 19.9 Å². The van der Waals surface area contributed by atoms with Gasteiger partial charge < -0.3 is 9.72 Å². The Labute approximate surface area is 193 Å². The average Bonchev–Trinajstić information content (AvgIpc) is 3.33. The van der Waals surface area contributed by atoms with Crippen LogP contribution in [0.2, 0.25) is 0 Å². The number of halogens is 1. The first kappa shape index (κ1) is 21.4. The molecule has 0 amide bonds. The zero-order valence-electron chi connectivity index (χ0n) is 16.9. The van der Waals surface area contributed by atoms with Gasteiger partial charge in [-0.25, -0.2) is 4.98 Å². The number of pyridine rings is 1. The van der Waals surface area contributed by atoms with Crippen LogP contribution in [0.25, 0.3) is 11.0 Å². The van der Waals surface area contributed by atoms with E-state index in [4.69, 9.17) is 4.74 Å². The molecule has 0 aliphatic heterocycles. The number of rotatable bonds is 9. The van der Waals surface area contributed by atoms with Gasteiger partial charge in [-0.05, 0) is 60.2 Å². The van der Waals surface area contributed by atoms with Crippen LogP contribution >= 0.6 is 39.0 Å². The molecule has 4 rings (SSSR count). The molecule has 30 heavy (non-hydrogen) atoms. The molecule has 8 heteroatoms. The summed E-state index contributed by atoms with van der Waals surface area (Å²) in [4.78, 5) is 16.1. The van der Waals surface area contributed by atoms with E-state index >= 15 is 0 Å². The lowest BCUT2D eigenvalue weighted by Gasteiger charge is -2.17. The van der Waals surface area contributed by atoms with E-state index in [2.05, 4.69) is 61.9 Å². The highest BCUT2D eigenvalue weighted by molar-refractivity contribution is 9.11. The Hall–Kier alpha value is -1.87. The fourth-order valence-corrected chi connectivity index (χ4v) is 5.56. The highest BCUT2D eigenvalue weighted by Crippen LogP contribution is 2.27. The minimum absolute atomic E-state index is 0.643. The Morgan fingerprint density at radius 1 is 1.20 bits per heavy atom. The second kappa shape index (κ2) is 9.96. The molecule has 3 heterocycles. The number of thioether (sulfide) groups is 1. The quantitative estimate of drug-likeness (QED) is 0.289. The second-order valence-electron chi connectivity index (χ2n) is 7.02. The highest BCUT2D eigenvalue weighted by atomic mass is 79.9. The van der Waals surface area contributed by atoms with E-state index in [0.29, 0.717) is 6.61 Å². The summed E-state index contributed by atoms with van der Waals surface area (Å²) >= 11 is 6.95. The summed E-state index contributed by atoms with van der Waals surface area (Å²) in [5.74, 6) is 1.65. The number of ether oxygens (including phenoxy) is 1. The van der Waals surface area contributed by atoms with Crippen LogP contribution in [-0.4, -0.2) is 40.1 Å². The topological polar surface area (TPSA) is 54.0 Å². The summed E-state index contributed by atoms with van der Waals surface area (Å²) in [6.45, 7) is 4.50. The van der Waals surface area contributed by atoms with Crippen LogP contribution < -0.4 is 4.74 Å². The van der Waals surface area contributed by atoms with Gasteiger partial charge in [-0.3, -0.25) is 9.88 Å². The highest BCUT2D eigenvalue weighted by Gasteiger charge is 2.10. The molecule has 5 nitrogen and oxygen atoms in total. The van der Waals surface area contributed by atoms with E-state index in [-0.39, 0.29) is 0 Å². The smallest absolute Gasteiger partial charge is 0.166 e. The lowest BCUT2D eigenvalue weighted by Crippen LogP contribution is -2.23. The first-order chi connectivity index (χ1) is 14.6. The molecule has 0 atom stereocenters. The van der Waals surface area contributed by atoms with Crippen LogP contribution in [0.3, 0.4) is 0 Å².